The van der Waals surface area contributed by atoms with Crippen molar-refractivity contribution in [1.82, 2.24) is 4.98 Å². The van der Waals surface area contributed by atoms with Gasteiger partial charge in [-0.25, -0.2) is 18.6 Å². The number of aliphatic carboxylic acids is 1. The third kappa shape index (κ3) is 6.13. The van der Waals surface area contributed by atoms with Crippen LogP contribution >= 0.6 is 11.3 Å². The molecule has 1 N–H and O–H groups in total. The molecule has 0 atom stereocenters. The molecule has 0 spiro atoms. The lowest BCUT2D eigenvalue weighted by Gasteiger charge is -2.09. The first-order valence-corrected chi connectivity index (χ1v) is 12.9. The Morgan fingerprint density at radius 1 is 0.821 bits per heavy atom. The van der Waals surface area contributed by atoms with Crippen LogP contribution in [0.4, 0.5) is 8.78 Å². The molecule has 1 heterocycles. The van der Waals surface area contributed by atoms with Crippen molar-refractivity contribution in [1.29, 1.82) is 0 Å². The maximum absolute atomic E-state index is 14.1. The molecule has 39 heavy (non-hydrogen) atoms. The van der Waals surface area contributed by atoms with Gasteiger partial charge in [-0.1, -0.05) is 54.6 Å². The van der Waals surface area contributed by atoms with E-state index in [1.165, 1.54) is 17.4 Å². The minimum atomic E-state index is -1.05. The van der Waals surface area contributed by atoms with Gasteiger partial charge in [-0.05, 0) is 65.6 Å². The summed E-state index contributed by atoms with van der Waals surface area (Å²) in [6.45, 7) is 1.52. The molecular weight excluding hydrogens is 520 g/mol. The molecule has 0 fully saturated rings. The number of rotatable bonds is 9. The first-order valence-electron chi connectivity index (χ1n) is 12.1. The minimum absolute atomic E-state index is 0.151. The number of thiazole rings is 1. The first-order chi connectivity index (χ1) is 18.9. The minimum Gasteiger partial charge on any atom is -0.486 e. The standard InChI is InChI=1S/C31H23F2NO4S/c1-19-15-24(12-14-27(19)38-18-29(35)36)37-17-28-34-30(23-11-13-25(32)26(33)16-23)31(39-28)22-9-7-21(8-10-22)20-5-3-2-4-6-20/h2-16H,17-18H2,1H3,(H,35,36). The second-order valence-corrected chi connectivity index (χ2v) is 9.84. The number of carboxylic acid groups (broad SMARTS) is 1. The lowest BCUT2D eigenvalue weighted by molar-refractivity contribution is -0.139. The molecule has 4 aromatic carbocycles. The monoisotopic (exact) mass is 543 g/mol. The van der Waals surface area contributed by atoms with Crippen molar-refractivity contribution >= 4 is 17.3 Å². The van der Waals surface area contributed by atoms with Crippen LogP contribution in [0.15, 0.2) is 91.0 Å². The molecule has 1 aromatic heterocycles. The third-order valence-electron chi connectivity index (χ3n) is 5.98. The van der Waals surface area contributed by atoms with Crippen LogP contribution in [0.2, 0.25) is 0 Å². The Balaban J connectivity index is 1.42. The number of hydrogen-bond donors (Lipinski definition) is 1. The van der Waals surface area contributed by atoms with Crippen LogP contribution in [0.3, 0.4) is 0 Å². The molecule has 5 nitrogen and oxygen atoms in total. The van der Waals surface area contributed by atoms with Crippen LogP contribution in [0.5, 0.6) is 11.5 Å². The molecule has 0 aliphatic rings. The Morgan fingerprint density at radius 2 is 1.51 bits per heavy atom. The van der Waals surface area contributed by atoms with Crippen LogP contribution in [0, 0.1) is 18.6 Å². The lowest BCUT2D eigenvalue weighted by Crippen LogP contribution is -2.10. The van der Waals surface area contributed by atoms with Crippen LogP contribution in [-0.4, -0.2) is 22.7 Å². The zero-order valence-electron chi connectivity index (χ0n) is 20.9. The van der Waals surface area contributed by atoms with E-state index in [4.69, 9.17) is 19.6 Å². The van der Waals surface area contributed by atoms with Crippen LogP contribution in [0.25, 0.3) is 32.8 Å². The average Bonchev–Trinajstić information content (AvgIpc) is 3.38. The fraction of sp³-hybridized carbons (Fsp3) is 0.0968. The van der Waals surface area contributed by atoms with Gasteiger partial charge < -0.3 is 14.6 Å². The molecule has 0 amide bonds. The van der Waals surface area contributed by atoms with Gasteiger partial charge >= 0.3 is 5.97 Å². The maximum Gasteiger partial charge on any atom is 0.341 e. The van der Waals surface area contributed by atoms with Gasteiger partial charge in [0.1, 0.15) is 23.1 Å². The molecule has 0 radical (unpaired) electrons. The summed E-state index contributed by atoms with van der Waals surface area (Å²) in [4.78, 5) is 16.3. The molecule has 8 heteroatoms. The fourth-order valence-electron chi connectivity index (χ4n) is 4.06. The number of halogens is 2. The Kier molecular flexibility index (Phi) is 7.65. The first kappa shape index (κ1) is 26.1. The van der Waals surface area contributed by atoms with Crippen molar-refractivity contribution in [2.45, 2.75) is 13.5 Å². The molecule has 5 rings (SSSR count). The van der Waals surface area contributed by atoms with E-state index in [1.54, 1.807) is 25.1 Å². The number of carboxylic acids is 1. The topological polar surface area (TPSA) is 68.7 Å². The highest BCUT2D eigenvalue weighted by Gasteiger charge is 2.17. The predicted molar refractivity (Wildman–Crippen MR) is 147 cm³/mol. The summed E-state index contributed by atoms with van der Waals surface area (Å²) in [5.41, 5.74) is 4.79. The van der Waals surface area contributed by atoms with Crippen molar-refractivity contribution in [2.24, 2.45) is 0 Å². The maximum atomic E-state index is 14.1. The highest BCUT2D eigenvalue weighted by Crippen LogP contribution is 2.38. The van der Waals surface area contributed by atoms with Gasteiger partial charge in [-0.2, -0.15) is 0 Å². The molecule has 0 aliphatic heterocycles. The van der Waals surface area contributed by atoms with E-state index in [1.807, 2.05) is 54.6 Å². The second kappa shape index (κ2) is 11.4. The molecule has 0 bridgehead atoms. The van der Waals surface area contributed by atoms with Crippen LogP contribution < -0.4 is 9.47 Å². The number of benzene rings is 4. The van der Waals surface area contributed by atoms with E-state index in [2.05, 4.69) is 0 Å². The van der Waals surface area contributed by atoms with Gasteiger partial charge in [0.25, 0.3) is 0 Å². The van der Waals surface area contributed by atoms with Crippen molar-refractivity contribution in [3.8, 4) is 44.3 Å². The summed E-state index contributed by atoms with van der Waals surface area (Å²) in [5, 5.41) is 9.47. The molecule has 0 saturated heterocycles. The molecule has 5 aromatic rings. The highest BCUT2D eigenvalue weighted by molar-refractivity contribution is 7.15. The summed E-state index contributed by atoms with van der Waals surface area (Å²) < 4.78 is 39.0. The van der Waals surface area contributed by atoms with E-state index in [0.717, 1.165) is 39.3 Å². The second-order valence-electron chi connectivity index (χ2n) is 8.76. The lowest BCUT2D eigenvalue weighted by atomic mass is 10.0. The van der Waals surface area contributed by atoms with Crippen molar-refractivity contribution < 1.29 is 28.2 Å². The van der Waals surface area contributed by atoms with Crippen LogP contribution in [-0.2, 0) is 11.4 Å². The summed E-state index contributed by atoms with van der Waals surface area (Å²) in [6.07, 6.45) is 0. The highest BCUT2D eigenvalue weighted by atomic mass is 32.1. The van der Waals surface area contributed by atoms with Crippen molar-refractivity contribution in [3.05, 3.63) is 113 Å². The van der Waals surface area contributed by atoms with E-state index in [0.29, 0.717) is 27.8 Å². The largest absolute Gasteiger partial charge is 0.486 e. The van der Waals surface area contributed by atoms with E-state index in [9.17, 15) is 13.6 Å². The van der Waals surface area contributed by atoms with E-state index < -0.39 is 24.2 Å². The average molecular weight is 544 g/mol. The Morgan fingerprint density at radius 3 is 2.21 bits per heavy atom. The zero-order valence-corrected chi connectivity index (χ0v) is 21.7. The third-order valence-corrected chi connectivity index (χ3v) is 7.06. The summed E-state index contributed by atoms with van der Waals surface area (Å²) in [5.74, 6) is -1.89. The number of ether oxygens (including phenoxy) is 2. The van der Waals surface area contributed by atoms with Crippen LogP contribution in [0.1, 0.15) is 10.6 Å². The quantitative estimate of drug-likeness (QED) is 0.206. The molecule has 196 valence electrons. The predicted octanol–water partition coefficient (Wildman–Crippen LogP) is 7.77. The van der Waals surface area contributed by atoms with Crippen molar-refractivity contribution in [2.75, 3.05) is 6.61 Å². The van der Waals surface area contributed by atoms with Crippen molar-refractivity contribution in [3.63, 3.8) is 0 Å². The Labute approximate surface area is 227 Å². The fourth-order valence-corrected chi connectivity index (χ4v) is 5.07. The number of hydrogen-bond acceptors (Lipinski definition) is 5. The SMILES string of the molecule is Cc1cc(OCc2nc(-c3ccc(F)c(F)c3)c(-c3ccc(-c4ccccc4)cc3)s2)ccc1OCC(=O)O. The summed E-state index contributed by atoms with van der Waals surface area (Å²) >= 11 is 1.41. The molecule has 0 unspecified atom stereocenters. The van der Waals surface area contributed by atoms with Gasteiger partial charge in [0, 0.05) is 5.56 Å². The summed E-state index contributed by atoms with van der Waals surface area (Å²) in [6, 6.07) is 26.9. The van der Waals surface area contributed by atoms with Gasteiger partial charge in [-0.15, -0.1) is 11.3 Å². The zero-order chi connectivity index (χ0) is 27.4. The smallest absolute Gasteiger partial charge is 0.341 e. The number of carbonyl (C=O) groups is 1. The van der Waals surface area contributed by atoms with Gasteiger partial charge in [0.05, 0.1) is 10.6 Å². The molecule has 0 saturated carbocycles. The van der Waals surface area contributed by atoms with E-state index in [-0.39, 0.29) is 6.61 Å². The summed E-state index contributed by atoms with van der Waals surface area (Å²) in [7, 11) is 0. The van der Waals surface area contributed by atoms with E-state index >= 15 is 0 Å². The number of aromatic nitrogens is 1. The van der Waals surface area contributed by atoms with Gasteiger partial charge in [-0.3, -0.25) is 0 Å². The van der Waals surface area contributed by atoms with Gasteiger partial charge in [0.15, 0.2) is 18.2 Å². The Bertz CT molecular complexity index is 1620. The molecular formula is C31H23F2NO4S. The Hall–Kier alpha value is -4.56. The normalized spacial score (nSPS) is 10.8. The number of nitrogens with zero attached hydrogens (tertiary/aromatic N) is 1. The van der Waals surface area contributed by atoms with Gasteiger partial charge in [0.2, 0.25) is 0 Å². The molecule has 0 aliphatic carbocycles. The number of aryl methyl sites for hydroxylation is 1.